The molecular formula is C15H15BrN2. The third-order valence-electron chi connectivity index (χ3n) is 3.41. The van der Waals surface area contributed by atoms with E-state index in [0.29, 0.717) is 0 Å². The Morgan fingerprint density at radius 3 is 2.33 bits per heavy atom. The van der Waals surface area contributed by atoms with Crippen LogP contribution in [0.15, 0.2) is 46.9 Å². The van der Waals surface area contributed by atoms with Crippen LogP contribution >= 0.6 is 15.9 Å². The average molecular weight is 303 g/mol. The summed E-state index contributed by atoms with van der Waals surface area (Å²) >= 11 is 3.44. The van der Waals surface area contributed by atoms with E-state index in [4.69, 9.17) is 5.73 Å². The van der Waals surface area contributed by atoms with Crippen molar-refractivity contribution in [1.29, 1.82) is 0 Å². The molecule has 0 atom stereocenters. The molecule has 0 aliphatic carbocycles. The van der Waals surface area contributed by atoms with Crippen molar-refractivity contribution in [2.24, 2.45) is 0 Å². The molecule has 0 bridgehead atoms. The zero-order chi connectivity index (χ0) is 12.5. The van der Waals surface area contributed by atoms with E-state index in [1.54, 1.807) is 0 Å². The van der Waals surface area contributed by atoms with Crippen LogP contribution in [0.25, 0.3) is 0 Å². The van der Waals surface area contributed by atoms with Crippen molar-refractivity contribution in [3.8, 4) is 0 Å². The van der Waals surface area contributed by atoms with E-state index in [0.717, 1.165) is 29.8 Å². The van der Waals surface area contributed by atoms with Crippen molar-refractivity contribution in [2.45, 2.75) is 19.6 Å². The molecule has 1 aliphatic rings. The summed E-state index contributed by atoms with van der Waals surface area (Å²) in [6.07, 6.45) is 0. The summed E-state index contributed by atoms with van der Waals surface area (Å²) in [7, 11) is 0. The first-order valence-corrected chi connectivity index (χ1v) is 6.85. The Morgan fingerprint density at radius 2 is 1.72 bits per heavy atom. The molecule has 0 saturated carbocycles. The van der Waals surface area contributed by atoms with E-state index < -0.39 is 0 Å². The van der Waals surface area contributed by atoms with Gasteiger partial charge in [-0.05, 0) is 28.8 Å². The van der Waals surface area contributed by atoms with Gasteiger partial charge in [0, 0.05) is 29.8 Å². The number of nitrogen functional groups attached to an aromatic ring is 1. The van der Waals surface area contributed by atoms with Crippen LogP contribution < -0.4 is 5.73 Å². The molecule has 2 nitrogen and oxygen atoms in total. The molecule has 0 amide bonds. The lowest BCUT2D eigenvalue weighted by atomic mass is 10.1. The van der Waals surface area contributed by atoms with Gasteiger partial charge < -0.3 is 5.73 Å². The van der Waals surface area contributed by atoms with E-state index >= 15 is 0 Å². The van der Waals surface area contributed by atoms with Gasteiger partial charge in [0.25, 0.3) is 0 Å². The Kier molecular flexibility index (Phi) is 3.10. The van der Waals surface area contributed by atoms with Gasteiger partial charge in [-0.1, -0.05) is 46.3 Å². The van der Waals surface area contributed by atoms with Crippen molar-refractivity contribution in [2.75, 3.05) is 5.73 Å². The second-order valence-corrected chi connectivity index (χ2v) is 5.67. The van der Waals surface area contributed by atoms with Crippen molar-refractivity contribution < 1.29 is 0 Å². The zero-order valence-electron chi connectivity index (χ0n) is 10.1. The smallest absolute Gasteiger partial charge is 0.0371 e. The summed E-state index contributed by atoms with van der Waals surface area (Å²) < 4.78 is 1.04. The number of fused-ring (bicyclic) bond motifs is 1. The van der Waals surface area contributed by atoms with Gasteiger partial charge in [-0.2, -0.15) is 0 Å². The fourth-order valence-corrected chi connectivity index (χ4v) is 2.84. The highest BCUT2D eigenvalue weighted by molar-refractivity contribution is 9.10. The van der Waals surface area contributed by atoms with Crippen LogP contribution in [0.2, 0.25) is 0 Å². The number of halogens is 1. The van der Waals surface area contributed by atoms with E-state index in [1.807, 2.05) is 6.07 Å². The van der Waals surface area contributed by atoms with Crippen molar-refractivity contribution in [1.82, 2.24) is 4.90 Å². The highest BCUT2D eigenvalue weighted by Gasteiger charge is 2.18. The van der Waals surface area contributed by atoms with E-state index in [9.17, 15) is 0 Å². The summed E-state index contributed by atoms with van der Waals surface area (Å²) in [6.45, 7) is 2.95. The first-order chi connectivity index (χ1) is 8.72. The predicted octanol–water partition coefficient (Wildman–Crippen LogP) is 3.55. The molecule has 0 unspecified atom stereocenters. The maximum atomic E-state index is 6.05. The van der Waals surface area contributed by atoms with Gasteiger partial charge in [0.05, 0.1) is 0 Å². The SMILES string of the molecule is Nc1cc(Br)ccc1CN1Cc2ccccc2C1. The Morgan fingerprint density at radius 1 is 1.06 bits per heavy atom. The number of nitrogens with two attached hydrogens (primary N) is 1. The number of hydrogen-bond acceptors (Lipinski definition) is 2. The molecule has 0 radical (unpaired) electrons. The summed E-state index contributed by atoms with van der Waals surface area (Å²) in [4.78, 5) is 2.42. The standard InChI is InChI=1S/C15H15BrN2/c16-14-6-5-13(15(17)7-14)10-18-8-11-3-1-2-4-12(11)9-18/h1-7H,8-10,17H2. The second kappa shape index (κ2) is 4.75. The third-order valence-corrected chi connectivity index (χ3v) is 3.90. The van der Waals surface area contributed by atoms with Crippen LogP contribution in [0.4, 0.5) is 5.69 Å². The van der Waals surface area contributed by atoms with Gasteiger partial charge in [0.2, 0.25) is 0 Å². The fraction of sp³-hybridized carbons (Fsp3) is 0.200. The number of hydrogen-bond donors (Lipinski definition) is 1. The second-order valence-electron chi connectivity index (χ2n) is 4.76. The topological polar surface area (TPSA) is 29.3 Å². The average Bonchev–Trinajstić information content (AvgIpc) is 2.75. The van der Waals surface area contributed by atoms with Gasteiger partial charge >= 0.3 is 0 Å². The Balaban J connectivity index is 1.76. The van der Waals surface area contributed by atoms with Gasteiger partial charge in [-0.15, -0.1) is 0 Å². The molecule has 2 aromatic rings. The lowest BCUT2D eigenvalue weighted by Crippen LogP contribution is -2.16. The van der Waals surface area contributed by atoms with Crippen molar-refractivity contribution in [3.05, 3.63) is 63.6 Å². The van der Waals surface area contributed by atoms with Crippen LogP contribution in [0, 0.1) is 0 Å². The zero-order valence-corrected chi connectivity index (χ0v) is 11.7. The normalized spacial score (nSPS) is 14.7. The van der Waals surface area contributed by atoms with Crippen LogP contribution in [0.1, 0.15) is 16.7 Å². The maximum absolute atomic E-state index is 6.05. The molecule has 2 aromatic carbocycles. The highest BCUT2D eigenvalue weighted by Crippen LogP contribution is 2.26. The summed E-state index contributed by atoms with van der Waals surface area (Å²) in [5, 5.41) is 0. The lowest BCUT2D eigenvalue weighted by molar-refractivity contribution is 0.276. The Labute approximate surface area is 116 Å². The van der Waals surface area contributed by atoms with Crippen molar-refractivity contribution in [3.63, 3.8) is 0 Å². The van der Waals surface area contributed by atoms with E-state index in [-0.39, 0.29) is 0 Å². The predicted molar refractivity (Wildman–Crippen MR) is 77.9 cm³/mol. The van der Waals surface area contributed by atoms with E-state index in [2.05, 4.69) is 57.2 Å². The Bertz CT molecular complexity index is 555. The molecule has 3 rings (SSSR count). The van der Waals surface area contributed by atoms with Gasteiger partial charge in [0.15, 0.2) is 0 Å². The molecule has 18 heavy (non-hydrogen) atoms. The summed E-state index contributed by atoms with van der Waals surface area (Å²) in [5.41, 5.74) is 11.0. The summed E-state index contributed by atoms with van der Waals surface area (Å²) in [6, 6.07) is 14.8. The Hall–Kier alpha value is -1.32. The molecule has 0 saturated heterocycles. The molecule has 92 valence electrons. The number of nitrogens with zero attached hydrogens (tertiary/aromatic N) is 1. The van der Waals surface area contributed by atoms with Crippen LogP contribution in [0.5, 0.6) is 0 Å². The van der Waals surface area contributed by atoms with Crippen LogP contribution in [-0.4, -0.2) is 4.90 Å². The minimum absolute atomic E-state index is 0.861. The third kappa shape index (κ3) is 2.28. The fourth-order valence-electron chi connectivity index (χ4n) is 2.47. The number of anilines is 1. The monoisotopic (exact) mass is 302 g/mol. The van der Waals surface area contributed by atoms with Gasteiger partial charge in [-0.25, -0.2) is 0 Å². The highest BCUT2D eigenvalue weighted by atomic mass is 79.9. The van der Waals surface area contributed by atoms with Crippen molar-refractivity contribution >= 4 is 21.6 Å². The summed E-state index contributed by atoms with van der Waals surface area (Å²) in [5.74, 6) is 0. The maximum Gasteiger partial charge on any atom is 0.0371 e. The largest absolute Gasteiger partial charge is 0.398 e. The van der Waals surface area contributed by atoms with E-state index in [1.165, 1.54) is 16.7 Å². The minimum Gasteiger partial charge on any atom is -0.398 e. The lowest BCUT2D eigenvalue weighted by Gasteiger charge is -2.16. The first-order valence-electron chi connectivity index (χ1n) is 6.05. The first kappa shape index (κ1) is 11.8. The molecular weight excluding hydrogens is 288 g/mol. The minimum atomic E-state index is 0.861. The quantitative estimate of drug-likeness (QED) is 0.860. The van der Waals surface area contributed by atoms with Crippen LogP contribution in [-0.2, 0) is 19.6 Å². The number of rotatable bonds is 2. The molecule has 1 aliphatic heterocycles. The molecule has 0 aromatic heterocycles. The molecule has 0 spiro atoms. The number of benzene rings is 2. The van der Waals surface area contributed by atoms with Crippen LogP contribution in [0.3, 0.4) is 0 Å². The molecule has 2 N–H and O–H groups in total. The molecule has 0 fully saturated rings. The molecule has 3 heteroatoms. The van der Waals surface area contributed by atoms with Gasteiger partial charge in [-0.3, -0.25) is 4.90 Å². The van der Waals surface area contributed by atoms with Gasteiger partial charge in [0.1, 0.15) is 0 Å². The molecule has 1 heterocycles.